The van der Waals surface area contributed by atoms with Crippen molar-refractivity contribution in [2.24, 2.45) is 0 Å². The second-order valence-corrected chi connectivity index (χ2v) is 6.86. The Balaban J connectivity index is 2.02. The van der Waals surface area contributed by atoms with E-state index in [1.54, 1.807) is 6.08 Å². The fraction of sp³-hybridized carbons (Fsp3) is 0.261. The number of amides is 1. The molecule has 2 aromatic carbocycles. The van der Waals surface area contributed by atoms with Crippen LogP contribution >= 0.6 is 0 Å². The normalized spacial score (nSPS) is 18.4. The predicted molar refractivity (Wildman–Crippen MR) is 110 cm³/mol. The summed E-state index contributed by atoms with van der Waals surface area (Å²) in [4.78, 5) is 15.1. The zero-order chi connectivity index (χ0) is 19.4. The van der Waals surface area contributed by atoms with E-state index in [9.17, 15) is 4.79 Å². The molecule has 0 saturated carbocycles. The predicted octanol–water partition coefficient (Wildman–Crippen LogP) is 4.96. The SMILES string of the molecule is C=CCN1C(=O)c2ccccc2NC1(CC)c1ccc(OCC(=C)C)cc1. The molecule has 1 heterocycles. The molecular formula is C23H26N2O2. The standard InChI is InChI=1S/C23H26N2O2/c1-5-15-25-22(26)20-9-7-8-10-21(20)24-23(25,6-2)18-11-13-19(14-12-18)27-16-17(3)4/h5,7-14,24H,1,3,6,15-16H2,2,4H3. The summed E-state index contributed by atoms with van der Waals surface area (Å²) in [5.74, 6) is 0.791. The molecule has 0 radical (unpaired) electrons. The first-order chi connectivity index (χ1) is 13.0. The third-order valence-corrected chi connectivity index (χ3v) is 4.85. The number of hydrogen-bond acceptors (Lipinski definition) is 3. The maximum atomic E-state index is 13.2. The van der Waals surface area contributed by atoms with E-state index >= 15 is 0 Å². The van der Waals surface area contributed by atoms with Crippen LogP contribution in [0.25, 0.3) is 0 Å². The first kappa shape index (κ1) is 18.8. The number of carbonyl (C=O) groups excluding carboxylic acids is 1. The van der Waals surface area contributed by atoms with Gasteiger partial charge in [0, 0.05) is 12.2 Å². The third kappa shape index (κ3) is 3.47. The molecule has 3 rings (SSSR count). The summed E-state index contributed by atoms with van der Waals surface area (Å²) in [7, 11) is 0. The maximum absolute atomic E-state index is 13.2. The van der Waals surface area contributed by atoms with Crippen LogP contribution in [-0.4, -0.2) is 24.0 Å². The number of benzene rings is 2. The van der Waals surface area contributed by atoms with Crippen LogP contribution < -0.4 is 10.1 Å². The van der Waals surface area contributed by atoms with Crippen LogP contribution in [0.5, 0.6) is 5.75 Å². The van der Waals surface area contributed by atoms with Crippen molar-refractivity contribution in [2.45, 2.75) is 25.9 Å². The van der Waals surface area contributed by atoms with Crippen molar-refractivity contribution in [2.75, 3.05) is 18.5 Å². The van der Waals surface area contributed by atoms with Crippen LogP contribution in [0.15, 0.2) is 73.3 Å². The van der Waals surface area contributed by atoms with Crippen LogP contribution in [0, 0.1) is 0 Å². The molecule has 140 valence electrons. The van der Waals surface area contributed by atoms with E-state index in [-0.39, 0.29) is 5.91 Å². The van der Waals surface area contributed by atoms with E-state index in [1.807, 2.05) is 60.4 Å². The van der Waals surface area contributed by atoms with Crippen molar-refractivity contribution in [3.63, 3.8) is 0 Å². The Kier molecular flexibility index (Phi) is 5.36. The lowest BCUT2D eigenvalue weighted by atomic mass is 9.89. The molecule has 4 heteroatoms. The maximum Gasteiger partial charge on any atom is 0.258 e. The van der Waals surface area contributed by atoms with Gasteiger partial charge in [0.15, 0.2) is 0 Å². The van der Waals surface area contributed by atoms with E-state index in [0.717, 1.165) is 22.6 Å². The quantitative estimate of drug-likeness (QED) is 0.708. The Morgan fingerprint density at radius 3 is 2.56 bits per heavy atom. The highest BCUT2D eigenvalue weighted by molar-refractivity contribution is 6.02. The Morgan fingerprint density at radius 1 is 1.22 bits per heavy atom. The van der Waals surface area contributed by atoms with Gasteiger partial charge in [0.05, 0.1) is 5.56 Å². The Hall–Kier alpha value is -3.01. The number of carbonyl (C=O) groups is 1. The number of para-hydroxylation sites is 1. The molecule has 2 aromatic rings. The van der Waals surface area contributed by atoms with Crippen LogP contribution in [0.2, 0.25) is 0 Å². The molecule has 0 saturated heterocycles. The molecule has 1 aliphatic heterocycles. The van der Waals surface area contributed by atoms with Gasteiger partial charge in [-0.15, -0.1) is 6.58 Å². The van der Waals surface area contributed by atoms with Gasteiger partial charge in [0.1, 0.15) is 18.0 Å². The summed E-state index contributed by atoms with van der Waals surface area (Å²) in [6.45, 7) is 12.7. The number of anilines is 1. The second-order valence-electron chi connectivity index (χ2n) is 6.86. The number of rotatable bonds is 7. The minimum atomic E-state index is -0.632. The zero-order valence-corrected chi connectivity index (χ0v) is 16.0. The van der Waals surface area contributed by atoms with Crippen molar-refractivity contribution >= 4 is 11.6 Å². The molecule has 0 aromatic heterocycles. The fourth-order valence-corrected chi connectivity index (χ4v) is 3.50. The van der Waals surface area contributed by atoms with E-state index in [1.165, 1.54) is 0 Å². The van der Waals surface area contributed by atoms with Crippen molar-refractivity contribution in [3.05, 3.63) is 84.5 Å². The number of nitrogens with one attached hydrogen (secondary N) is 1. The largest absolute Gasteiger partial charge is 0.489 e. The summed E-state index contributed by atoms with van der Waals surface area (Å²) in [5.41, 5.74) is 2.89. The third-order valence-electron chi connectivity index (χ3n) is 4.85. The Morgan fingerprint density at radius 2 is 1.93 bits per heavy atom. The van der Waals surface area contributed by atoms with E-state index in [0.29, 0.717) is 25.1 Å². The number of ether oxygens (including phenoxy) is 1. The first-order valence-electron chi connectivity index (χ1n) is 9.19. The molecule has 1 atom stereocenters. The molecule has 0 spiro atoms. The zero-order valence-electron chi connectivity index (χ0n) is 16.0. The minimum absolute atomic E-state index is 0.00806. The van der Waals surface area contributed by atoms with Crippen LogP contribution in [0.3, 0.4) is 0 Å². The lowest BCUT2D eigenvalue weighted by Gasteiger charge is -2.48. The van der Waals surface area contributed by atoms with Crippen LogP contribution in [0.1, 0.15) is 36.2 Å². The first-order valence-corrected chi connectivity index (χ1v) is 9.19. The molecule has 0 bridgehead atoms. The van der Waals surface area contributed by atoms with Crippen LogP contribution in [0.4, 0.5) is 5.69 Å². The molecule has 27 heavy (non-hydrogen) atoms. The van der Waals surface area contributed by atoms with Crippen molar-refractivity contribution in [3.8, 4) is 5.75 Å². The summed E-state index contributed by atoms with van der Waals surface area (Å²) in [5, 5.41) is 3.61. The van der Waals surface area contributed by atoms with Crippen LogP contribution in [-0.2, 0) is 5.66 Å². The summed E-state index contributed by atoms with van der Waals surface area (Å²) in [6, 6.07) is 15.5. The van der Waals surface area contributed by atoms with Gasteiger partial charge in [-0.3, -0.25) is 4.79 Å². The average molecular weight is 362 g/mol. The van der Waals surface area contributed by atoms with Crippen molar-refractivity contribution < 1.29 is 9.53 Å². The average Bonchev–Trinajstić information content (AvgIpc) is 2.69. The summed E-state index contributed by atoms with van der Waals surface area (Å²) in [6.07, 6.45) is 2.48. The molecule has 1 N–H and O–H groups in total. The lowest BCUT2D eigenvalue weighted by Crippen LogP contribution is -2.57. The molecule has 0 fully saturated rings. The van der Waals surface area contributed by atoms with Gasteiger partial charge >= 0.3 is 0 Å². The summed E-state index contributed by atoms with van der Waals surface area (Å²) >= 11 is 0. The monoisotopic (exact) mass is 362 g/mol. The van der Waals surface area contributed by atoms with Gasteiger partial charge in [-0.1, -0.05) is 43.8 Å². The highest BCUT2D eigenvalue weighted by Gasteiger charge is 2.44. The summed E-state index contributed by atoms with van der Waals surface area (Å²) < 4.78 is 5.71. The van der Waals surface area contributed by atoms with E-state index < -0.39 is 5.66 Å². The van der Waals surface area contributed by atoms with Crippen molar-refractivity contribution in [1.82, 2.24) is 4.90 Å². The van der Waals surface area contributed by atoms with Gasteiger partial charge in [0.25, 0.3) is 5.91 Å². The molecule has 1 amide bonds. The highest BCUT2D eigenvalue weighted by atomic mass is 16.5. The fourth-order valence-electron chi connectivity index (χ4n) is 3.50. The molecule has 1 aliphatic rings. The highest BCUT2D eigenvalue weighted by Crippen LogP contribution is 2.40. The molecular weight excluding hydrogens is 336 g/mol. The van der Waals surface area contributed by atoms with Gasteiger partial charge in [-0.25, -0.2) is 0 Å². The van der Waals surface area contributed by atoms with Gasteiger partial charge in [0.2, 0.25) is 0 Å². The van der Waals surface area contributed by atoms with Gasteiger partial charge in [-0.2, -0.15) is 0 Å². The molecule has 1 unspecified atom stereocenters. The van der Waals surface area contributed by atoms with E-state index in [2.05, 4.69) is 25.4 Å². The second kappa shape index (κ2) is 7.70. The lowest BCUT2D eigenvalue weighted by molar-refractivity contribution is 0.0524. The van der Waals surface area contributed by atoms with E-state index in [4.69, 9.17) is 4.74 Å². The number of hydrogen-bond donors (Lipinski definition) is 1. The minimum Gasteiger partial charge on any atom is -0.489 e. The molecule has 4 nitrogen and oxygen atoms in total. The number of fused-ring (bicyclic) bond motifs is 1. The smallest absolute Gasteiger partial charge is 0.258 e. The van der Waals surface area contributed by atoms with Gasteiger partial charge < -0.3 is 15.0 Å². The molecule has 0 aliphatic carbocycles. The Labute approximate surface area is 161 Å². The Bertz CT molecular complexity index is 857. The number of nitrogens with zero attached hydrogens (tertiary/aromatic N) is 1. The topological polar surface area (TPSA) is 41.6 Å². The van der Waals surface area contributed by atoms with Crippen molar-refractivity contribution in [1.29, 1.82) is 0 Å². The van der Waals surface area contributed by atoms with Gasteiger partial charge in [-0.05, 0) is 48.7 Å².